The van der Waals surface area contributed by atoms with Crippen LogP contribution in [0.4, 0.5) is 21.9 Å². The van der Waals surface area contributed by atoms with Gasteiger partial charge in [0.2, 0.25) is 0 Å². The Bertz CT molecular complexity index is 813. The van der Waals surface area contributed by atoms with E-state index in [4.69, 9.17) is 0 Å². The molecule has 0 fully saturated rings. The molecule has 2 amide bonds. The molecule has 6 nitrogen and oxygen atoms in total. The Kier molecular flexibility index (Phi) is 5.50. The Morgan fingerprint density at radius 2 is 1.52 bits per heavy atom. The Morgan fingerprint density at radius 3 is 2.20 bits per heavy atom. The standard InChI is InChI=1S/C18H16N4O2S/c23-18(21-16-5-4-12-19-13-16)20-14-8-10-15(11-9-14)22-25(24)17-6-2-1-3-7-17/h1-13,22H,(H2,20,21,23). The highest BCUT2D eigenvalue weighted by Crippen LogP contribution is 2.18. The predicted octanol–water partition coefficient (Wildman–Crippen LogP) is 3.86. The topological polar surface area (TPSA) is 89.1 Å². The van der Waals surface area contributed by atoms with Gasteiger partial charge >= 0.3 is 6.03 Å². The molecule has 1 atom stereocenters. The van der Waals surface area contributed by atoms with Gasteiger partial charge in [0.05, 0.1) is 17.6 Å². The quantitative estimate of drug-likeness (QED) is 0.608. The molecule has 1 heterocycles. The van der Waals surface area contributed by atoms with Gasteiger partial charge in [-0.15, -0.1) is 0 Å². The van der Waals surface area contributed by atoms with Crippen LogP contribution in [0, 0.1) is 0 Å². The average molecular weight is 352 g/mol. The zero-order valence-electron chi connectivity index (χ0n) is 13.2. The molecule has 3 aromatic rings. The second kappa shape index (κ2) is 8.18. The fourth-order valence-electron chi connectivity index (χ4n) is 2.06. The SMILES string of the molecule is O=C(Nc1ccc(N[S+]([O-])c2ccccc2)cc1)Nc1cccnc1. The number of benzene rings is 2. The minimum absolute atomic E-state index is 0.360. The van der Waals surface area contributed by atoms with Crippen LogP contribution >= 0.6 is 0 Å². The fourth-order valence-corrected chi connectivity index (χ4v) is 2.93. The number of amides is 2. The van der Waals surface area contributed by atoms with Crippen molar-refractivity contribution in [1.29, 1.82) is 0 Å². The van der Waals surface area contributed by atoms with Gasteiger partial charge in [-0.05, 0) is 48.5 Å². The van der Waals surface area contributed by atoms with Crippen molar-refractivity contribution >= 4 is 34.5 Å². The normalized spacial score (nSPS) is 11.4. The largest absolute Gasteiger partial charge is 0.588 e. The minimum atomic E-state index is -1.33. The van der Waals surface area contributed by atoms with E-state index < -0.39 is 11.4 Å². The van der Waals surface area contributed by atoms with E-state index in [9.17, 15) is 9.35 Å². The van der Waals surface area contributed by atoms with Gasteiger partial charge in [-0.1, -0.05) is 18.2 Å². The van der Waals surface area contributed by atoms with Crippen LogP contribution in [0.1, 0.15) is 0 Å². The highest BCUT2D eigenvalue weighted by Gasteiger charge is 2.10. The van der Waals surface area contributed by atoms with Gasteiger partial charge in [0.25, 0.3) is 0 Å². The molecule has 1 unspecified atom stereocenters. The number of pyridine rings is 1. The summed E-state index contributed by atoms with van der Waals surface area (Å²) < 4.78 is 15.1. The summed E-state index contributed by atoms with van der Waals surface area (Å²) in [7, 11) is 0. The molecule has 25 heavy (non-hydrogen) atoms. The Hall–Kier alpha value is -3.03. The van der Waals surface area contributed by atoms with Crippen LogP contribution in [0.15, 0.2) is 84.0 Å². The number of anilines is 3. The van der Waals surface area contributed by atoms with Crippen LogP contribution in [0.3, 0.4) is 0 Å². The molecule has 0 aliphatic carbocycles. The van der Waals surface area contributed by atoms with Crippen LogP contribution in [0.2, 0.25) is 0 Å². The lowest BCUT2D eigenvalue weighted by Crippen LogP contribution is -2.19. The average Bonchev–Trinajstić information content (AvgIpc) is 2.65. The summed E-state index contributed by atoms with van der Waals surface area (Å²) in [5.41, 5.74) is 1.93. The number of aromatic nitrogens is 1. The van der Waals surface area contributed by atoms with E-state index in [1.807, 2.05) is 18.2 Å². The third kappa shape index (κ3) is 4.97. The molecule has 0 aliphatic heterocycles. The molecule has 0 aliphatic rings. The third-order valence-corrected chi connectivity index (χ3v) is 4.35. The minimum Gasteiger partial charge on any atom is -0.588 e. The second-order valence-electron chi connectivity index (χ2n) is 5.08. The molecule has 0 bridgehead atoms. The van der Waals surface area contributed by atoms with Gasteiger partial charge in [-0.25, -0.2) is 9.52 Å². The van der Waals surface area contributed by atoms with Gasteiger partial charge in [0.1, 0.15) is 11.4 Å². The molecule has 126 valence electrons. The molecular weight excluding hydrogens is 336 g/mol. The van der Waals surface area contributed by atoms with E-state index in [0.717, 1.165) is 0 Å². The number of hydrogen-bond donors (Lipinski definition) is 3. The Balaban J connectivity index is 1.56. The van der Waals surface area contributed by atoms with Crippen LogP contribution in [0.5, 0.6) is 0 Å². The summed E-state index contributed by atoms with van der Waals surface area (Å²) in [5.74, 6) is 0. The van der Waals surface area contributed by atoms with E-state index in [1.165, 1.54) is 0 Å². The van der Waals surface area contributed by atoms with Gasteiger partial charge in [0.15, 0.2) is 4.90 Å². The summed E-state index contributed by atoms with van der Waals surface area (Å²) in [6, 6.07) is 19.2. The van der Waals surface area contributed by atoms with Crippen LogP contribution in [0.25, 0.3) is 0 Å². The highest BCUT2D eigenvalue weighted by molar-refractivity contribution is 7.92. The van der Waals surface area contributed by atoms with Gasteiger partial charge in [-0.2, -0.15) is 0 Å². The number of rotatable bonds is 5. The lowest BCUT2D eigenvalue weighted by atomic mass is 10.3. The molecule has 3 rings (SSSR count). The highest BCUT2D eigenvalue weighted by atomic mass is 32.2. The summed E-state index contributed by atoms with van der Waals surface area (Å²) in [6.45, 7) is 0. The number of hydrogen-bond acceptors (Lipinski definition) is 4. The maximum absolute atomic E-state index is 12.2. The Morgan fingerprint density at radius 1 is 0.840 bits per heavy atom. The zero-order valence-corrected chi connectivity index (χ0v) is 14.0. The molecular formula is C18H16N4O2S. The smallest absolute Gasteiger partial charge is 0.323 e. The van der Waals surface area contributed by atoms with Crippen molar-refractivity contribution in [3.05, 3.63) is 79.1 Å². The maximum atomic E-state index is 12.2. The molecule has 3 N–H and O–H groups in total. The molecule has 0 saturated carbocycles. The second-order valence-corrected chi connectivity index (χ2v) is 6.30. The van der Waals surface area contributed by atoms with Crippen molar-refractivity contribution in [1.82, 2.24) is 4.98 Å². The number of carbonyl (C=O) groups excluding carboxylic acids is 1. The maximum Gasteiger partial charge on any atom is 0.323 e. The summed E-state index contributed by atoms with van der Waals surface area (Å²) >= 11 is -1.33. The van der Waals surface area contributed by atoms with E-state index >= 15 is 0 Å². The number of urea groups is 1. The first-order valence-electron chi connectivity index (χ1n) is 7.52. The van der Waals surface area contributed by atoms with Crippen LogP contribution in [-0.2, 0) is 11.4 Å². The first-order valence-corrected chi connectivity index (χ1v) is 8.67. The van der Waals surface area contributed by atoms with E-state index in [0.29, 0.717) is 22.0 Å². The molecule has 2 aromatic carbocycles. The molecule has 0 radical (unpaired) electrons. The van der Waals surface area contributed by atoms with Crippen molar-refractivity contribution in [2.24, 2.45) is 0 Å². The fraction of sp³-hybridized carbons (Fsp3) is 0. The Labute approximate surface area is 148 Å². The first-order chi connectivity index (χ1) is 12.2. The van der Waals surface area contributed by atoms with Gasteiger partial charge in [-0.3, -0.25) is 4.98 Å². The molecule has 1 aromatic heterocycles. The molecule has 0 spiro atoms. The van der Waals surface area contributed by atoms with Gasteiger partial charge < -0.3 is 15.2 Å². The van der Waals surface area contributed by atoms with E-state index in [1.54, 1.807) is 60.9 Å². The summed E-state index contributed by atoms with van der Waals surface area (Å²) in [6.07, 6.45) is 3.19. The third-order valence-electron chi connectivity index (χ3n) is 3.23. The lowest BCUT2D eigenvalue weighted by molar-refractivity contribution is 0.262. The number of carbonyl (C=O) groups is 1. The monoisotopic (exact) mass is 352 g/mol. The van der Waals surface area contributed by atoms with E-state index in [-0.39, 0.29) is 6.03 Å². The number of nitrogens with zero attached hydrogens (tertiary/aromatic N) is 1. The van der Waals surface area contributed by atoms with E-state index in [2.05, 4.69) is 20.3 Å². The first kappa shape index (κ1) is 16.8. The zero-order chi connectivity index (χ0) is 17.5. The number of nitrogens with one attached hydrogen (secondary N) is 3. The van der Waals surface area contributed by atoms with Crippen LogP contribution in [-0.4, -0.2) is 15.6 Å². The summed E-state index contributed by atoms with van der Waals surface area (Å²) in [4.78, 5) is 16.5. The van der Waals surface area contributed by atoms with Crippen molar-refractivity contribution in [3.8, 4) is 0 Å². The van der Waals surface area contributed by atoms with Crippen molar-refractivity contribution in [2.45, 2.75) is 4.90 Å². The summed E-state index contributed by atoms with van der Waals surface area (Å²) in [5, 5.41) is 5.40. The van der Waals surface area contributed by atoms with Crippen molar-refractivity contribution in [2.75, 3.05) is 15.4 Å². The van der Waals surface area contributed by atoms with Gasteiger partial charge in [0, 0.05) is 11.9 Å². The van der Waals surface area contributed by atoms with Crippen LogP contribution < -0.4 is 15.4 Å². The molecule has 0 saturated heterocycles. The lowest BCUT2D eigenvalue weighted by Gasteiger charge is -2.12. The predicted molar refractivity (Wildman–Crippen MR) is 99.8 cm³/mol. The molecule has 7 heteroatoms. The van der Waals surface area contributed by atoms with Crippen molar-refractivity contribution < 1.29 is 9.35 Å². The van der Waals surface area contributed by atoms with Crippen molar-refractivity contribution in [3.63, 3.8) is 0 Å².